The first kappa shape index (κ1) is 16.4. The maximum atomic E-state index is 12.5. The molecule has 0 radical (unpaired) electrons. The van der Waals surface area contributed by atoms with Crippen LogP contribution in [0, 0.1) is 10.8 Å². The van der Waals surface area contributed by atoms with Crippen LogP contribution in [0.2, 0.25) is 0 Å². The smallest absolute Gasteiger partial charge is 0.233 e. The number of nitrogens with two attached hydrogens (primary N) is 1. The molecular formula is C15H28N2OS. The lowest BCUT2D eigenvalue weighted by Gasteiger charge is -2.33. The third kappa shape index (κ3) is 3.28. The summed E-state index contributed by atoms with van der Waals surface area (Å²) in [5.74, 6) is 0.0183. The molecule has 3 N–H and O–H groups in total. The van der Waals surface area contributed by atoms with Gasteiger partial charge in [0.05, 0.1) is 10.4 Å². The highest BCUT2D eigenvalue weighted by molar-refractivity contribution is 7.80. The molecule has 0 heterocycles. The summed E-state index contributed by atoms with van der Waals surface area (Å²) in [5, 5.41) is 3.13. The predicted molar refractivity (Wildman–Crippen MR) is 84.0 cm³/mol. The zero-order valence-corrected chi connectivity index (χ0v) is 13.4. The fourth-order valence-electron chi connectivity index (χ4n) is 3.25. The van der Waals surface area contributed by atoms with Gasteiger partial charge in [0.15, 0.2) is 0 Å². The maximum absolute atomic E-state index is 12.5. The summed E-state index contributed by atoms with van der Waals surface area (Å²) in [4.78, 5) is 12.8. The van der Waals surface area contributed by atoms with E-state index in [0.29, 0.717) is 23.2 Å². The Balaban J connectivity index is 2.70. The van der Waals surface area contributed by atoms with Gasteiger partial charge in [0.25, 0.3) is 0 Å². The van der Waals surface area contributed by atoms with Crippen molar-refractivity contribution in [2.75, 3.05) is 6.54 Å². The van der Waals surface area contributed by atoms with E-state index in [-0.39, 0.29) is 5.91 Å². The molecule has 0 aliphatic heterocycles. The largest absolute Gasteiger partial charge is 0.392 e. The minimum atomic E-state index is -0.664. The Morgan fingerprint density at radius 2 is 1.79 bits per heavy atom. The van der Waals surface area contributed by atoms with E-state index in [1.165, 1.54) is 25.7 Å². The number of carbonyl (C=O) groups is 1. The molecule has 1 fully saturated rings. The predicted octanol–water partition coefficient (Wildman–Crippen LogP) is 3.17. The molecule has 110 valence electrons. The Labute approximate surface area is 122 Å². The van der Waals surface area contributed by atoms with Gasteiger partial charge in [0.1, 0.15) is 0 Å². The average molecular weight is 284 g/mol. The maximum Gasteiger partial charge on any atom is 0.233 e. The Kier molecular flexibility index (Phi) is 5.78. The summed E-state index contributed by atoms with van der Waals surface area (Å²) in [6, 6.07) is 0. The Hall–Kier alpha value is -0.640. The minimum absolute atomic E-state index is 0.0183. The molecule has 1 aliphatic rings. The molecule has 0 aromatic heterocycles. The summed E-state index contributed by atoms with van der Waals surface area (Å²) >= 11 is 5.13. The van der Waals surface area contributed by atoms with Crippen molar-refractivity contribution < 1.29 is 4.79 Å². The molecule has 0 atom stereocenters. The Morgan fingerprint density at radius 1 is 1.26 bits per heavy atom. The van der Waals surface area contributed by atoms with E-state index in [1.807, 2.05) is 13.8 Å². The fraction of sp³-hybridized carbons (Fsp3) is 0.867. The highest BCUT2D eigenvalue weighted by Gasteiger charge is 2.40. The van der Waals surface area contributed by atoms with Crippen molar-refractivity contribution in [2.24, 2.45) is 16.6 Å². The first-order chi connectivity index (χ1) is 8.96. The summed E-state index contributed by atoms with van der Waals surface area (Å²) in [6.45, 7) is 6.95. The van der Waals surface area contributed by atoms with Crippen molar-refractivity contribution in [2.45, 2.75) is 65.7 Å². The molecule has 4 heteroatoms. The van der Waals surface area contributed by atoms with Crippen LogP contribution in [0.5, 0.6) is 0 Å². The third-order valence-electron chi connectivity index (χ3n) is 5.15. The van der Waals surface area contributed by atoms with Gasteiger partial charge in [-0.05, 0) is 37.5 Å². The highest BCUT2D eigenvalue weighted by atomic mass is 32.1. The van der Waals surface area contributed by atoms with Gasteiger partial charge in [-0.2, -0.15) is 0 Å². The Morgan fingerprint density at radius 3 is 2.16 bits per heavy atom. The number of carbonyl (C=O) groups excluding carboxylic acids is 1. The Bertz CT molecular complexity index is 331. The third-order valence-corrected chi connectivity index (χ3v) is 5.54. The second-order valence-corrected chi connectivity index (χ2v) is 6.34. The lowest BCUT2D eigenvalue weighted by molar-refractivity contribution is -0.128. The first-order valence-corrected chi connectivity index (χ1v) is 7.95. The van der Waals surface area contributed by atoms with Gasteiger partial charge in [-0.3, -0.25) is 4.79 Å². The summed E-state index contributed by atoms with van der Waals surface area (Å²) in [7, 11) is 0. The van der Waals surface area contributed by atoms with E-state index in [9.17, 15) is 4.79 Å². The quantitative estimate of drug-likeness (QED) is 0.706. The molecule has 0 saturated heterocycles. The number of hydrogen-bond acceptors (Lipinski definition) is 2. The van der Waals surface area contributed by atoms with E-state index in [2.05, 4.69) is 12.2 Å². The van der Waals surface area contributed by atoms with E-state index >= 15 is 0 Å². The van der Waals surface area contributed by atoms with Gasteiger partial charge < -0.3 is 11.1 Å². The number of hydrogen-bond donors (Lipinski definition) is 2. The normalized spacial score (nSPS) is 18.3. The second-order valence-electron chi connectivity index (χ2n) is 5.90. The van der Waals surface area contributed by atoms with Gasteiger partial charge in [-0.15, -0.1) is 0 Å². The first-order valence-electron chi connectivity index (χ1n) is 7.54. The highest BCUT2D eigenvalue weighted by Crippen LogP contribution is 2.40. The fourth-order valence-corrected chi connectivity index (χ4v) is 3.63. The molecule has 1 rings (SSSR count). The van der Waals surface area contributed by atoms with Crippen LogP contribution >= 0.6 is 12.2 Å². The molecule has 19 heavy (non-hydrogen) atoms. The summed E-state index contributed by atoms with van der Waals surface area (Å²) in [5.41, 5.74) is 5.45. The lowest BCUT2D eigenvalue weighted by Crippen LogP contribution is -2.50. The van der Waals surface area contributed by atoms with Crippen molar-refractivity contribution in [1.29, 1.82) is 0 Å². The minimum Gasteiger partial charge on any atom is -0.392 e. The molecule has 1 aliphatic carbocycles. The van der Waals surface area contributed by atoms with Crippen molar-refractivity contribution in [3.8, 4) is 0 Å². The molecule has 3 nitrogen and oxygen atoms in total. The molecular weight excluding hydrogens is 256 g/mol. The van der Waals surface area contributed by atoms with Gasteiger partial charge in [0, 0.05) is 6.54 Å². The van der Waals surface area contributed by atoms with E-state index < -0.39 is 5.41 Å². The van der Waals surface area contributed by atoms with Crippen LogP contribution < -0.4 is 11.1 Å². The summed E-state index contributed by atoms with van der Waals surface area (Å²) in [6.07, 6.45) is 7.49. The molecule has 0 unspecified atom stereocenters. The number of nitrogens with one attached hydrogen (secondary N) is 1. The van der Waals surface area contributed by atoms with Crippen molar-refractivity contribution in [3.63, 3.8) is 0 Å². The van der Waals surface area contributed by atoms with Crippen molar-refractivity contribution in [1.82, 2.24) is 5.32 Å². The second kappa shape index (κ2) is 6.69. The lowest BCUT2D eigenvalue weighted by atomic mass is 9.79. The van der Waals surface area contributed by atoms with Gasteiger partial charge in [-0.25, -0.2) is 0 Å². The van der Waals surface area contributed by atoms with Crippen LogP contribution in [0.15, 0.2) is 0 Å². The molecule has 0 aromatic carbocycles. The zero-order chi connectivity index (χ0) is 14.5. The van der Waals surface area contributed by atoms with Gasteiger partial charge in [-0.1, -0.05) is 45.8 Å². The van der Waals surface area contributed by atoms with Crippen molar-refractivity contribution >= 4 is 23.1 Å². The van der Waals surface area contributed by atoms with Crippen LogP contribution in [0.3, 0.4) is 0 Å². The van der Waals surface area contributed by atoms with Crippen LogP contribution in [0.1, 0.15) is 65.7 Å². The van der Waals surface area contributed by atoms with E-state index in [4.69, 9.17) is 18.0 Å². The van der Waals surface area contributed by atoms with Gasteiger partial charge in [0.2, 0.25) is 5.91 Å². The molecule has 0 spiro atoms. The zero-order valence-electron chi connectivity index (χ0n) is 12.6. The van der Waals surface area contributed by atoms with Crippen LogP contribution in [0.4, 0.5) is 0 Å². The molecule has 0 aromatic rings. The monoisotopic (exact) mass is 284 g/mol. The molecule has 1 saturated carbocycles. The standard InChI is InChI=1S/C15H28N2OS/c1-4-14(9-7-8-10-14)11-17-13(18)15(5-2,6-3)12(16)19/h4-11H2,1-3H3,(H2,16,19)(H,17,18). The van der Waals surface area contributed by atoms with E-state index in [1.54, 1.807) is 0 Å². The SMILES string of the molecule is CCC1(CNC(=O)C(CC)(CC)C(N)=S)CCCC1. The van der Waals surface area contributed by atoms with Crippen LogP contribution in [0.25, 0.3) is 0 Å². The average Bonchev–Trinajstić information content (AvgIpc) is 2.87. The molecule has 1 amide bonds. The van der Waals surface area contributed by atoms with E-state index in [0.717, 1.165) is 13.0 Å². The topological polar surface area (TPSA) is 55.1 Å². The van der Waals surface area contributed by atoms with Gasteiger partial charge >= 0.3 is 0 Å². The number of amides is 1. The summed E-state index contributed by atoms with van der Waals surface area (Å²) < 4.78 is 0. The van der Waals surface area contributed by atoms with Crippen LogP contribution in [-0.2, 0) is 4.79 Å². The molecule has 0 bridgehead atoms. The number of rotatable bonds is 7. The van der Waals surface area contributed by atoms with Crippen molar-refractivity contribution in [3.05, 3.63) is 0 Å². The van der Waals surface area contributed by atoms with Crippen LogP contribution in [-0.4, -0.2) is 17.4 Å². The number of thiocarbonyl (C=S) groups is 1.